The lowest BCUT2D eigenvalue weighted by Gasteiger charge is -2.23. The van der Waals surface area contributed by atoms with Gasteiger partial charge < -0.3 is 10.6 Å². The van der Waals surface area contributed by atoms with E-state index in [0.29, 0.717) is 15.4 Å². The number of fused-ring (bicyclic) bond motifs is 2. The minimum absolute atomic E-state index is 0.101. The van der Waals surface area contributed by atoms with Crippen LogP contribution in [0.2, 0.25) is 4.34 Å². The summed E-state index contributed by atoms with van der Waals surface area (Å²) in [6.07, 6.45) is 3.78. The second-order valence-corrected chi connectivity index (χ2v) is 6.06. The van der Waals surface area contributed by atoms with E-state index in [1.807, 2.05) is 0 Å². The number of nitrogens with zero attached hydrogens (tertiary/aromatic N) is 1. The van der Waals surface area contributed by atoms with Crippen LogP contribution >= 0.6 is 22.9 Å². The van der Waals surface area contributed by atoms with Crippen LogP contribution < -0.4 is 10.6 Å². The van der Waals surface area contributed by atoms with Crippen LogP contribution in [0.25, 0.3) is 0 Å². The first-order chi connectivity index (χ1) is 7.72. The second-order valence-electron chi connectivity index (χ2n) is 4.40. The summed E-state index contributed by atoms with van der Waals surface area (Å²) in [5.74, 6) is 0.631. The number of halogens is 1. The molecule has 86 valence electrons. The number of carbonyl (C=O) groups is 1. The third-order valence-corrected chi connectivity index (χ3v) is 4.43. The molecule has 0 aromatic carbocycles. The van der Waals surface area contributed by atoms with Crippen molar-refractivity contribution in [3.8, 4) is 0 Å². The molecule has 2 heterocycles. The Hall–Kier alpha value is -0.650. The molecule has 0 spiro atoms. The summed E-state index contributed by atoms with van der Waals surface area (Å²) < 4.78 is 0.552. The molecule has 1 saturated carbocycles. The summed E-state index contributed by atoms with van der Waals surface area (Å²) in [6, 6.07) is 0.707. The molecule has 6 heteroatoms. The Morgan fingerprint density at radius 1 is 1.62 bits per heavy atom. The number of piperidine rings is 1. The molecule has 1 aromatic rings. The number of hydrogen-bond donors (Lipinski definition) is 2. The molecule has 1 amide bonds. The molecule has 1 saturated heterocycles. The maximum atomic E-state index is 11.8. The number of hydrogen-bond acceptors (Lipinski definition) is 4. The zero-order valence-corrected chi connectivity index (χ0v) is 10.1. The highest BCUT2D eigenvalue weighted by atomic mass is 35.5. The quantitative estimate of drug-likeness (QED) is 0.839. The van der Waals surface area contributed by atoms with Crippen LogP contribution in [0.4, 0.5) is 0 Å². The highest BCUT2D eigenvalue weighted by Gasteiger charge is 2.40. The van der Waals surface area contributed by atoms with Crippen molar-refractivity contribution >= 4 is 28.8 Å². The average molecular weight is 258 g/mol. The third-order valence-electron chi connectivity index (χ3n) is 3.32. The summed E-state index contributed by atoms with van der Waals surface area (Å²) in [6.45, 7) is 1.10. The van der Waals surface area contributed by atoms with Gasteiger partial charge in [0.1, 0.15) is 4.34 Å². The molecule has 2 bridgehead atoms. The standard InChI is InChI=1S/C10H12ClN3OS/c11-8-4-13-10(16-8)9(15)14-7-2-5-1-6(7)12-3-5/h4-7,12H,1-3H2,(H,14,15)/t5-,6+,7-/m1/s1. The zero-order chi connectivity index (χ0) is 11.1. The number of aromatic nitrogens is 1. The number of carbonyl (C=O) groups excluding carboxylic acids is 1. The van der Waals surface area contributed by atoms with E-state index in [4.69, 9.17) is 11.6 Å². The maximum absolute atomic E-state index is 11.8. The smallest absolute Gasteiger partial charge is 0.280 e. The van der Waals surface area contributed by atoms with Crippen molar-refractivity contribution in [2.45, 2.75) is 24.9 Å². The van der Waals surface area contributed by atoms with E-state index in [1.165, 1.54) is 24.0 Å². The molecule has 2 fully saturated rings. The van der Waals surface area contributed by atoms with Gasteiger partial charge in [0.25, 0.3) is 5.91 Å². The highest BCUT2D eigenvalue weighted by molar-refractivity contribution is 7.17. The van der Waals surface area contributed by atoms with E-state index >= 15 is 0 Å². The van der Waals surface area contributed by atoms with Gasteiger partial charge in [0, 0.05) is 12.1 Å². The monoisotopic (exact) mass is 257 g/mol. The zero-order valence-electron chi connectivity index (χ0n) is 8.57. The lowest BCUT2D eigenvalue weighted by atomic mass is 10.1. The van der Waals surface area contributed by atoms with Crippen molar-refractivity contribution in [2.24, 2.45) is 5.92 Å². The Bertz CT molecular complexity index is 422. The highest BCUT2D eigenvalue weighted by Crippen LogP contribution is 2.31. The third kappa shape index (κ3) is 1.83. The largest absolute Gasteiger partial charge is 0.346 e. The molecule has 1 aromatic heterocycles. The minimum atomic E-state index is -0.101. The summed E-state index contributed by atoms with van der Waals surface area (Å²) >= 11 is 6.97. The van der Waals surface area contributed by atoms with Gasteiger partial charge in [0.2, 0.25) is 0 Å². The first-order valence-corrected chi connectivity index (χ1v) is 6.57. The Balaban J connectivity index is 1.65. The predicted molar refractivity (Wildman–Crippen MR) is 62.9 cm³/mol. The Labute approximate surface area is 102 Å². The summed E-state index contributed by atoms with van der Waals surface area (Å²) in [4.78, 5) is 15.8. The SMILES string of the molecule is O=C(N[C@@H]1C[C@@H]2CN[C@H]1C2)c1ncc(Cl)s1. The van der Waals surface area contributed by atoms with Crippen molar-refractivity contribution in [2.75, 3.05) is 6.54 Å². The van der Waals surface area contributed by atoms with Gasteiger partial charge in [-0.15, -0.1) is 0 Å². The minimum Gasteiger partial charge on any atom is -0.346 e. The fourth-order valence-electron chi connectivity index (χ4n) is 2.60. The van der Waals surface area contributed by atoms with Crippen LogP contribution in [-0.2, 0) is 0 Å². The molecule has 3 atom stereocenters. The van der Waals surface area contributed by atoms with Gasteiger partial charge in [0.05, 0.1) is 6.20 Å². The van der Waals surface area contributed by atoms with Crippen molar-refractivity contribution in [3.63, 3.8) is 0 Å². The molecular formula is C10H12ClN3OS. The van der Waals surface area contributed by atoms with Crippen molar-refractivity contribution in [1.82, 2.24) is 15.6 Å². The van der Waals surface area contributed by atoms with Crippen molar-refractivity contribution < 1.29 is 4.79 Å². The molecule has 3 rings (SSSR count). The Morgan fingerprint density at radius 2 is 2.50 bits per heavy atom. The molecule has 16 heavy (non-hydrogen) atoms. The molecule has 0 radical (unpaired) electrons. The molecule has 1 aliphatic heterocycles. The van der Waals surface area contributed by atoms with Crippen LogP contribution in [0.5, 0.6) is 0 Å². The summed E-state index contributed by atoms with van der Waals surface area (Å²) in [7, 11) is 0. The van der Waals surface area contributed by atoms with Gasteiger partial charge in [-0.1, -0.05) is 22.9 Å². The molecular weight excluding hydrogens is 246 g/mol. The first-order valence-electron chi connectivity index (χ1n) is 5.38. The molecule has 1 aliphatic carbocycles. The number of rotatable bonds is 2. The maximum Gasteiger partial charge on any atom is 0.280 e. The summed E-state index contributed by atoms with van der Waals surface area (Å²) in [5, 5.41) is 6.89. The van der Waals surface area contributed by atoms with E-state index < -0.39 is 0 Å². The molecule has 2 aliphatic rings. The van der Waals surface area contributed by atoms with E-state index in [9.17, 15) is 4.79 Å². The van der Waals surface area contributed by atoms with Crippen molar-refractivity contribution in [1.29, 1.82) is 0 Å². The normalized spacial score (nSPS) is 31.9. The topological polar surface area (TPSA) is 54.0 Å². The van der Waals surface area contributed by atoms with Gasteiger partial charge in [0.15, 0.2) is 5.01 Å². The van der Waals surface area contributed by atoms with E-state index in [-0.39, 0.29) is 11.9 Å². The fourth-order valence-corrected chi connectivity index (χ4v) is 3.42. The van der Waals surface area contributed by atoms with Gasteiger partial charge in [-0.25, -0.2) is 4.98 Å². The van der Waals surface area contributed by atoms with E-state index in [2.05, 4.69) is 15.6 Å². The van der Waals surface area contributed by atoms with Gasteiger partial charge in [-0.2, -0.15) is 0 Å². The second kappa shape index (κ2) is 3.98. The van der Waals surface area contributed by atoms with Gasteiger partial charge >= 0.3 is 0 Å². The van der Waals surface area contributed by atoms with Crippen LogP contribution in [0, 0.1) is 5.92 Å². The average Bonchev–Trinajstić information content (AvgIpc) is 2.92. The fraction of sp³-hybridized carbons (Fsp3) is 0.600. The van der Waals surface area contributed by atoms with Crippen LogP contribution in [0.1, 0.15) is 22.6 Å². The van der Waals surface area contributed by atoms with E-state index in [0.717, 1.165) is 18.9 Å². The van der Waals surface area contributed by atoms with Crippen LogP contribution in [-0.4, -0.2) is 29.5 Å². The molecule has 4 nitrogen and oxygen atoms in total. The number of nitrogens with one attached hydrogen (secondary N) is 2. The predicted octanol–water partition coefficient (Wildman–Crippen LogP) is 1.28. The lowest BCUT2D eigenvalue weighted by molar-refractivity contribution is 0.0928. The number of amides is 1. The van der Waals surface area contributed by atoms with Crippen LogP contribution in [0.15, 0.2) is 6.20 Å². The molecule has 2 N–H and O–H groups in total. The van der Waals surface area contributed by atoms with Crippen LogP contribution in [0.3, 0.4) is 0 Å². The number of thiazole rings is 1. The summed E-state index contributed by atoms with van der Waals surface area (Å²) in [5.41, 5.74) is 0. The van der Waals surface area contributed by atoms with Gasteiger partial charge in [-0.3, -0.25) is 4.79 Å². The Kier molecular flexibility index (Phi) is 2.61. The lowest BCUT2D eigenvalue weighted by Crippen LogP contribution is -2.47. The van der Waals surface area contributed by atoms with Gasteiger partial charge in [-0.05, 0) is 25.3 Å². The van der Waals surface area contributed by atoms with Crippen molar-refractivity contribution in [3.05, 3.63) is 15.5 Å². The Morgan fingerprint density at radius 3 is 3.06 bits per heavy atom. The molecule has 0 unspecified atom stereocenters. The van der Waals surface area contributed by atoms with E-state index in [1.54, 1.807) is 0 Å². The first kappa shape index (κ1) is 10.5.